The molecule has 35 heavy (non-hydrogen) atoms. The summed E-state index contributed by atoms with van der Waals surface area (Å²) in [6, 6.07) is 15.1. The van der Waals surface area contributed by atoms with Gasteiger partial charge in [0.2, 0.25) is 0 Å². The molecule has 0 radical (unpaired) electrons. The number of rotatable bonds is 5. The molecule has 0 unspecified atom stereocenters. The molecule has 0 fully saturated rings. The first-order valence-electron chi connectivity index (χ1n) is 11.2. The molecule has 176 valence electrons. The Labute approximate surface area is 200 Å². The molecule has 0 aliphatic carbocycles. The lowest BCUT2D eigenvalue weighted by molar-refractivity contribution is 0.0940. The van der Waals surface area contributed by atoms with Crippen molar-refractivity contribution in [1.29, 1.82) is 0 Å². The number of aromatic amines is 1. The van der Waals surface area contributed by atoms with Crippen molar-refractivity contribution in [3.63, 3.8) is 0 Å². The molecule has 0 saturated carbocycles. The van der Waals surface area contributed by atoms with E-state index < -0.39 is 16.8 Å². The van der Waals surface area contributed by atoms with Crippen LogP contribution in [0.5, 0.6) is 0 Å². The van der Waals surface area contributed by atoms with Gasteiger partial charge < -0.3 is 20.9 Å². The average Bonchev–Trinajstić information content (AvgIpc) is 2.87. The van der Waals surface area contributed by atoms with Gasteiger partial charge in [-0.25, -0.2) is 4.98 Å². The van der Waals surface area contributed by atoms with Crippen molar-refractivity contribution < 1.29 is 4.79 Å². The Hall–Kier alpha value is -4.53. The Balaban J connectivity index is 1.30. The van der Waals surface area contributed by atoms with Gasteiger partial charge in [-0.15, -0.1) is 0 Å². The third kappa shape index (κ3) is 4.01. The molecule has 0 saturated heterocycles. The number of fused-ring (bicyclic) bond motifs is 1. The zero-order valence-electron chi connectivity index (χ0n) is 19.1. The fourth-order valence-corrected chi connectivity index (χ4v) is 4.53. The van der Waals surface area contributed by atoms with Crippen molar-refractivity contribution in [3.05, 3.63) is 108 Å². The van der Waals surface area contributed by atoms with Crippen LogP contribution >= 0.6 is 0 Å². The zero-order chi connectivity index (χ0) is 24.7. The van der Waals surface area contributed by atoms with Gasteiger partial charge in [-0.3, -0.25) is 19.2 Å². The van der Waals surface area contributed by atoms with Crippen molar-refractivity contribution >= 4 is 17.3 Å². The van der Waals surface area contributed by atoms with E-state index in [0.29, 0.717) is 30.0 Å². The second-order valence-corrected chi connectivity index (χ2v) is 8.62. The Bertz CT molecular complexity index is 1580. The van der Waals surface area contributed by atoms with E-state index in [1.807, 2.05) is 53.4 Å². The lowest BCUT2D eigenvalue weighted by Crippen LogP contribution is -2.44. The number of H-pyrrole nitrogens is 1. The van der Waals surface area contributed by atoms with Gasteiger partial charge in [-0.05, 0) is 35.6 Å². The van der Waals surface area contributed by atoms with Crippen LogP contribution in [0.2, 0.25) is 0 Å². The second kappa shape index (κ2) is 8.68. The largest absolute Gasteiger partial charge is 0.394 e. The number of nitrogen functional groups attached to an aromatic ring is 1. The van der Waals surface area contributed by atoms with E-state index in [-0.39, 0.29) is 23.6 Å². The molecule has 1 aliphatic heterocycles. The van der Waals surface area contributed by atoms with Gasteiger partial charge in [0.05, 0.1) is 11.3 Å². The summed E-state index contributed by atoms with van der Waals surface area (Å²) >= 11 is 0. The maximum absolute atomic E-state index is 12.7. The lowest BCUT2D eigenvalue weighted by Gasteiger charge is -2.32. The number of benzene rings is 2. The highest BCUT2D eigenvalue weighted by Gasteiger charge is 2.27. The minimum Gasteiger partial charge on any atom is -0.394 e. The molecule has 4 N–H and O–H groups in total. The van der Waals surface area contributed by atoms with Crippen LogP contribution < -0.4 is 32.4 Å². The van der Waals surface area contributed by atoms with Crippen LogP contribution in [-0.2, 0) is 19.5 Å². The van der Waals surface area contributed by atoms with Crippen molar-refractivity contribution in [3.8, 4) is 11.1 Å². The van der Waals surface area contributed by atoms with Crippen LogP contribution in [0.1, 0.15) is 33.0 Å². The predicted octanol–water partition coefficient (Wildman–Crippen LogP) is 1.42. The van der Waals surface area contributed by atoms with E-state index in [1.54, 1.807) is 6.92 Å². The molecule has 1 aliphatic rings. The maximum Gasteiger partial charge on any atom is 0.287 e. The summed E-state index contributed by atoms with van der Waals surface area (Å²) < 4.78 is 0. The Morgan fingerprint density at radius 1 is 1.09 bits per heavy atom. The van der Waals surface area contributed by atoms with Gasteiger partial charge in [-0.2, -0.15) is 0 Å². The molecule has 0 bridgehead atoms. The van der Waals surface area contributed by atoms with Gasteiger partial charge in [0.25, 0.3) is 22.3 Å². The summed E-state index contributed by atoms with van der Waals surface area (Å²) in [7, 11) is 0. The van der Waals surface area contributed by atoms with Crippen LogP contribution in [0.4, 0.5) is 11.4 Å². The summed E-state index contributed by atoms with van der Waals surface area (Å²) in [5, 5.41) is 2.80. The Morgan fingerprint density at radius 2 is 1.86 bits per heavy atom. The van der Waals surface area contributed by atoms with Crippen LogP contribution in [0.25, 0.3) is 11.1 Å². The van der Waals surface area contributed by atoms with Crippen LogP contribution in [-0.4, -0.2) is 22.4 Å². The number of aryl methyl sites for hydroxylation is 1. The summed E-state index contributed by atoms with van der Waals surface area (Å²) in [6.07, 6.45) is 0.721. The highest BCUT2D eigenvalue weighted by atomic mass is 16.2. The highest BCUT2D eigenvalue weighted by Crippen LogP contribution is 2.26. The molecule has 0 spiro atoms. The maximum atomic E-state index is 12.7. The summed E-state index contributed by atoms with van der Waals surface area (Å²) in [6.45, 7) is 3.00. The monoisotopic (exact) mass is 469 g/mol. The number of nitrogens with zero attached hydrogens (tertiary/aromatic N) is 2. The Kier molecular flexibility index (Phi) is 5.52. The van der Waals surface area contributed by atoms with Crippen molar-refractivity contribution in [2.45, 2.75) is 26.4 Å². The third-order valence-corrected chi connectivity index (χ3v) is 6.35. The van der Waals surface area contributed by atoms with Gasteiger partial charge in [0, 0.05) is 19.6 Å². The van der Waals surface area contributed by atoms with Gasteiger partial charge in [0.15, 0.2) is 5.82 Å². The molecule has 3 aromatic carbocycles. The smallest absolute Gasteiger partial charge is 0.287 e. The second-order valence-electron chi connectivity index (χ2n) is 8.62. The van der Waals surface area contributed by atoms with Crippen LogP contribution in [0.15, 0.2) is 62.9 Å². The molecular formula is C26H23N5O4. The number of carbonyl (C=O) groups excluding carboxylic acids is 1. The van der Waals surface area contributed by atoms with Crippen molar-refractivity contribution in [2.24, 2.45) is 0 Å². The summed E-state index contributed by atoms with van der Waals surface area (Å²) in [5.74, 6) is -0.535. The van der Waals surface area contributed by atoms with Gasteiger partial charge in [-0.1, -0.05) is 48.5 Å². The number of aromatic nitrogens is 2. The van der Waals surface area contributed by atoms with Gasteiger partial charge >= 0.3 is 0 Å². The number of nitrogens with one attached hydrogen (secondary N) is 2. The number of carbonyl (C=O) groups is 1. The average molecular weight is 470 g/mol. The first-order valence-corrected chi connectivity index (χ1v) is 11.2. The molecule has 4 aromatic rings. The highest BCUT2D eigenvalue weighted by molar-refractivity contribution is 5.90. The van der Waals surface area contributed by atoms with Crippen LogP contribution in [0, 0.1) is 6.92 Å². The molecule has 9 heteroatoms. The number of hydrogen-bond acceptors (Lipinski definition) is 7. The fourth-order valence-electron chi connectivity index (χ4n) is 4.53. The zero-order valence-corrected chi connectivity index (χ0v) is 19.1. The molecular weight excluding hydrogens is 446 g/mol. The fraction of sp³-hybridized carbons (Fsp3) is 0.192. The first kappa shape index (κ1) is 22.3. The minimum absolute atomic E-state index is 0.0249. The number of amides is 1. The number of hydrogen-bond donors (Lipinski definition) is 3. The Morgan fingerprint density at radius 3 is 2.57 bits per heavy atom. The van der Waals surface area contributed by atoms with Crippen molar-refractivity contribution in [1.82, 2.24) is 15.3 Å². The van der Waals surface area contributed by atoms with E-state index >= 15 is 0 Å². The normalized spacial score (nSPS) is 13.0. The molecule has 2 heterocycles. The quantitative estimate of drug-likeness (QED) is 0.376. The standard InChI is InChI=1S/C26H23N5O4/c1-14-19(17-5-3-2-4-6-17)25(34)30-24(29-14)26(35)28-12-15-7-8-16-9-10-31(13-18(16)11-15)21-20(27)22(32)23(21)33/h2-8,11H,9-10,12-13,27H2,1H3,(H,28,35)(H,29,30,34). The predicted molar refractivity (Wildman–Crippen MR) is 133 cm³/mol. The number of nitrogens with two attached hydrogens (primary N) is 1. The van der Waals surface area contributed by atoms with E-state index in [4.69, 9.17) is 5.73 Å². The minimum atomic E-state index is -0.624. The first-order chi connectivity index (χ1) is 16.8. The van der Waals surface area contributed by atoms with Gasteiger partial charge in [0.1, 0.15) is 11.4 Å². The number of anilines is 2. The summed E-state index contributed by atoms with van der Waals surface area (Å²) in [5.41, 5.74) is 9.16. The summed E-state index contributed by atoms with van der Waals surface area (Å²) in [4.78, 5) is 57.5. The van der Waals surface area contributed by atoms with Crippen molar-refractivity contribution in [2.75, 3.05) is 17.2 Å². The SMILES string of the molecule is Cc1nc(C(=O)NCc2ccc3c(c2)CN(c2c(N)c(=O)c2=O)CC3)[nH]c(=O)c1-c1ccccc1. The van der Waals surface area contributed by atoms with E-state index in [1.165, 1.54) is 0 Å². The molecule has 0 atom stereocenters. The molecule has 9 nitrogen and oxygen atoms in total. The molecule has 5 rings (SSSR count). The van der Waals surface area contributed by atoms with E-state index in [9.17, 15) is 19.2 Å². The van der Waals surface area contributed by atoms with E-state index in [2.05, 4.69) is 15.3 Å². The third-order valence-electron chi connectivity index (χ3n) is 6.35. The van der Waals surface area contributed by atoms with E-state index in [0.717, 1.165) is 28.7 Å². The molecule has 1 amide bonds. The topological polar surface area (TPSA) is 138 Å². The van der Waals surface area contributed by atoms with Crippen LogP contribution in [0.3, 0.4) is 0 Å². The lowest BCUT2D eigenvalue weighted by atomic mass is 9.96. The molecule has 1 aromatic heterocycles.